The minimum atomic E-state index is -0.710. The molecule has 3 aromatic rings. The zero-order valence-electron chi connectivity index (χ0n) is 13.7. The maximum atomic E-state index is 13.6. The van der Waals surface area contributed by atoms with Crippen LogP contribution in [-0.4, -0.2) is 23.3 Å². The Bertz CT molecular complexity index is 967. The summed E-state index contributed by atoms with van der Waals surface area (Å²) in [4.78, 5) is 28.7. The van der Waals surface area contributed by atoms with Gasteiger partial charge in [0, 0.05) is 5.56 Å². The minimum absolute atomic E-state index is 0.131. The lowest BCUT2D eigenvalue weighted by atomic mass is 10.1. The summed E-state index contributed by atoms with van der Waals surface area (Å²) >= 11 is 1.08. The summed E-state index contributed by atoms with van der Waals surface area (Å²) in [5, 5.41) is 0.537. The van der Waals surface area contributed by atoms with Crippen molar-refractivity contribution in [2.75, 3.05) is 6.61 Å². The first-order valence-corrected chi connectivity index (χ1v) is 8.45. The fraction of sp³-hybridized carbons (Fsp3) is 0.105. The summed E-state index contributed by atoms with van der Waals surface area (Å²) in [6, 6.07) is 11.2. The molecule has 26 heavy (non-hydrogen) atoms. The van der Waals surface area contributed by atoms with Crippen LogP contribution in [0.2, 0.25) is 0 Å². The van der Waals surface area contributed by atoms with Crippen molar-refractivity contribution in [3.8, 4) is 10.6 Å². The highest BCUT2D eigenvalue weighted by atomic mass is 32.1. The van der Waals surface area contributed by atoms with Crippen LogP contribution in [0.25, 0.3) is 10.6 Å². The van der Waals surface area contributed by atoms with E-state index in [4.69, 9.17) is 4.74 Å². The van der Waals surface area contributed by atoms with E-state index in [0.717, 1.165) is 17.4 Å². The van der Waals surface area contributed by atoms with Gasteiger partial charge in [0.2, 0.25) is 5.78 Å². The van der Waals surface area contributed by atoms with Gasteiger partial charge in [-0.2, -0.15) is 0 Å². The summed E-state index contributed by atoms with van der Waals surface area (Å²) in [5.74, 6) is -2.37. The average Bonchev–Trinajstić information content (AvgIpc) is 3.02. The molecule has 0 fully saturated rings. The van der Waals surface area contributed by atoms with Gasteiger partial charge in [-0.15, -0.1) is 11.3 Å². The second-order valence-corrected chi connectivity index (χ2v) is 6.42. The molecule has 0 aliphatic rings. The van der Waals surface area contributed by atoms with Crippen molar-refractivity contribution in [2.24, 2.45) is 0 Å². The lowest BCUT2D eigenvalue weighted by Gasteiger charge is -2.04. The maximum Gasteiger partial charge on any atom is 0.350 e. The molecule has 2 aromatic carbocycles. The third kappa shape index (κ3) is 3.83. The molecule has 7 heteroatoms. The van der Waals surface area contributed by atoms with Gasteiger partial charge in [0.15, 0.2) is 6.61 Å². The summed E-state index contributed by atoms with van der Waals surface area (Å²) < 4.78 is 31.6. The molecule has 0 aliphatic heterocycles. The van der Waals surface area contributed by atoms with Gasteiger partial charge in [-0.25, -0.2) is 18.6 Å². The third-order valence-corrected chi connectivity index (χ3v) is 4.77. The van der Waals surface area contributed by atoms with E-state index in [9.17, 15) is 18.4 Å². The number of hydrogen-bond donors (Lipinski definition) is 0. The van der Waals surface area contributed by atoms with Crippen LogP contribution in [-0.2, 0) is 4.74 Å². The number of hydrogen-bond acceptors (Lipinski definition) is 5. The maximum absolute atomic E-state index is 13.6. The van der Waals surface area contributed by atoms with Crippen LogP contribution in [0.1, 0.15) is 25.7 Å². The molecule has 0 N–H and O–H groups in total. The molecule has 3 rings (SSSR count). The van der Waals surface area contributed by atoms with Crippen molar-refractivity contribution in [2.45, 2.75) is 6.92 Å². The number of aryl methyl sites for hydroxylation is 1. The lowest BCUT2D eigenvalue weighted by Crippen LogP contribution is -2.15. The van der Waals surface area contributed by atoms with E-state index in [2.05, 4.69) is 4.98 Å². The molecule has 0 radical (unpaired) electrons. The van der Waals surface area contributed by atoms with Crippen LogP contribution in [0.15, 0.2) is 48.5 Å². The van der Waals surface area contributed by atoms with Crippen molar-refractivity contribution in [1.29, 1.82) is 0 Å². The highest BCUT2D eigenvalue weighted by Crippen LogP contribution is 2.28. The van der Waals surface area contributed by atoms with E-state index in [1.54, 1.807) is 19.1 Å². The second kappa shape index (κ2) is 7.53. The smallest absolute Gasteiger partial charge is 0.350 e. The van der Waals surface area contributed by atoms with Gasteiger partial charge in [0.05, 0.1) is 11.3 Å². The van der Waals surface area contributed by atoms with Crippen LogP contribution in [0.5, 0.6) is 0 Å². The van der Waals surface area contributed by atoms with Crippen LogP contribution >= 0.6 is 11.3 Å². The summed E-state index contributed by atoms with van der Waals surface area (Å²) in [6.45, 7) is 1.07. The number of carbonyl (C=O) groups is 2. The molecule has 0 saturated heterocycles. The molecule has 4 nitrogen and oxygen atoms in total. The van der Waals surface area contributed by atoms with Gasteiger partial charge in [-0.05, 0) is 43.3 Å². The molecule has 132 valence electrons. The molecule has 0 unspecified atom stereocenters. The van der Waals surface area contributed by atoms with Crippen molar-refractivity contribution in [3.05, 3.63) is 76.3 Å². The van der Waals surface area contributed by atoms with Crippen LogP contribution in [0.3, 0.4) is 0 Å². The Morgan fingerprint density at radius 2 is 1.77 bits per heavy atom. The van der Waals surface area contributed by atoms with Gasteiger partial charge in [0.1, 0.15) is 21.5 Å². The van der Waals surface area contributed by atoms with Crippen LogP contribution < -0.4 is 0 Å². The fourth-order valence-electron chi connectivity index (χ4n) is 2.26. The number of rotatable bonds is 5. The molecular formula is C19H13F2NO3S. The zero-order chi connectivity index (χ0) is 18.7. The Labute approximate surface area is 152 Å². The van der Waals surface area contributed by atoms with Crippen LogP contribution in [0, 0.1) is 18.6 Å². The Morgan fingerprint density at radius 1 is 1.08 bits per heavy atom. The fourth-order valence-corrected chi connectivity index (χ4v) is 3.23. The third-order valence-electron chi connectivity index (χ3n) is 3.58. The largest absolute Gasteiger partial charge is 0.453 e. The van der Waals surface area contributed by atoms with E-state index in [0.29, 0.717) is 16.3 Å². The van der Waals surface area contributed by atoms with Gasteiger partial charge in [-0.3, -0.25) is 4.79 Å². The number of halogens is 2. The Morgan fingerprint density at radius 3 is 2.46 bits per heavy atom. The predicted octanol–water partition coefficient (Wildman–Crippen LogP) is 4.44. The number of carbonyl (C=O) groups excluding carboxylic acids is 2. The molecule has 0 spiro atoms. The topological polar surface area (TPSA) is 56.3 Å². The van der Waals surface area contributed by atoms with Crippen molar-refractivity contribution >= 4 is 23.1 Å². The minimum Gasteiger partial charge on any atom is -0.453 e. The number of benzene rings is 2. The van der Waals surface area contributed by atoms with Gasteiger partial charge >= 0.3 is 5.97 Å². The lowest BCUT2D eigenvalue weighted by molar-refractivity contribution is 0.0477. The molecule has 0 atom stereocenters. The highest BCUT2D eigenvalue weighted by molar-refractivity contribution is 7.17. The van der Waals surface area contributed by atoms with E-state index < -0.39 is 24.2 Å². The number of ether oxygens (including phenoxy) is 1. The number of aromatic nitrogens is 1. The monoisotopic (exact) mass is 373 g/mol. The standard InChI is InChI=1S/C19H13F2NO3S/c1-11-17(26-18(22-11)12-6-8-13(20)9-7-12)19(24)25-10-16(23)14-4-2-3-5-15(14)21/h2-9H,10H2,1H3. The molecule has 0 amide bonds. The van der Waals surface area contributed by atoms with Crippen molar-refractivity contribution in [3.63, 3.8) is 0 Å². The van der Waals surface area contributed by atoms with Crippen molar-refractivity contribution < 1.29 is 23.1 Å². The normalized spacial score (nSPS) is 10.6. The van der Waals surface area contributed by atoms with Crippen molar-refractivity contribution in [1.82, 2.24) is 4.98 Å². The Hall–Kier alpha value is -2.93. The SMILES string of the molecule is Cc1nc(-c2ccc(F)cc2)sc1C(=O)OCC(=O)c1ccccc1F. The van der Waals surface area contributed by atoms with E-state index >= 15 is 0 Å². The first-order valence-electron chi connectivity index (χ1n) is 7.64. The van der Waals surface area contributed by atoms with E-state index in [-0.39, 0.29) is 16.3 Å². The molecule has 0 bridgehead atoms. The van der Waals surface area contributed by atoms with E-state index in [1.165, 1.54) is 30.3 Å². The average molecular weight is 373 g/mol. The molecule has 0 aliphatic carbocycles. The number of nitrogens with zero attached hydrogens (tertiary/aromatic N) is 1. The number of Topliss-reactive ketones (excluding diaryl/α,β-unsaturated/α-hetero) is 1. The van der Waals surface area contributed by atoms with Gasteiger partial charge < -0.3 is 4.74 Å². The predicted molar refractivity (Wildman–Crippen MR) is 93.3 cm³/mol. The highest BCUT2D eigenvalue weighted by Gasteiger charge is 2.20. The molecule has 1 heterocycles. The molecule has 1 aromatic heterocycles. The molecular weight excluding hydrogens is 360 g/mol. The summed E-state index contributed by atoms with van der Waals surface area (Å²) in [5.41, 5.74) is 0.979. The first-order chi connectivity index (χ1) is 12.5. The number of ketones is 1. The zero-order valence-corrected chi connectivity index (χ0v) is 14.5. The molecule has 0 saturated carbocycles. The van der Waals surface area contributed by atoms with Gasteiger partial charge in [0.25, 0.3) is 0 Å². The number of thiazole rings is 1. The van der Waals surface area contributed by atoms with E-state index in [1.807, 2.05) is 0 Å². The Kier molecular flexibility index (Phi) is 5.18. The second-order valence-electron chi connectivity index (χ2n) is 5.42. The van der Waals surface area contributed by atoms with Gasteiger partial charge in [-0.1, -0.05) is 12.1 Å². The van der Waals surface area contributed by atoms with Crippen LogP contribution in [0.4, 0.5) is 8.78 Å². The summed E-state index contributed by atoms with van der Waals surface area (Å²) in [7, 11) is 0. The number of esters is 1. The first kappa shape index (κ1) is 17.9. The quantitative estimate of drug-likeness (QED) is 0.490. The summed E-state index contributed by atoms with van der Waals surface area (Å²) in [6.07, 6.45) is 0. The Balaban J connectivity index is 1.71.